The predicted octanol–water partition coefficient (Wildman–Crippen LogP) is 4.10. The van der Waals surface area contributed by atoms with Crippen molar-refractivity contribution in [2.45, 2.75) is 6.18 Å². The summed E-state index contributed by atoms with van der Waals surface area (Å²) in [4.78, 5) is 12.5. The Morgan fingerprint density at radius 3 is 2.31 bits per heavy atom. The van der Waals surface area contributed by atoms with Crippen LogP contribution in [0.5, 0.6) is 0 Å². The number of rotatable bonds is 4. The van der Waals surface area contributed by atoms with E-state index in [0.29, 0.717) is 15.4 Å². The lowest BCUT2D eigenvalue weighted by Gasteiger charge is -2.13. The number of hydrogen-bond donors (Lipinski definition) is 4. The number of anilines is 2. The van der Waals surface area contributed by atoms with E-state index in [9.17, 15) is 18.0 Å². The molecule has 0 radical (unpaired) electrons. The summed E-state index contributed by atoms with van der Waals surface area (Å²) in [6.07, 6.45) is -3.98. The standard InChI is InChI=1S/C18H14ClF3N6O/c19-10-4-6-13(7-5-10)28-15(18(20,21)22)14(9-25-28)16(29)26-11-2-1-3-12(8-11)27-17(23)24/h1-9H,(H,26,29)(H4,23,24,27). The van der Waals surface area contributed by atoms with E-state index >= 15 is 0 Å². The lowest BCUT2D eigenvalue weighted by atomic mass is 10.2. The van der Waals surface area contributed by atoms with Gasteiger partial charge in [-0.05, 0) is 42.5 Å². The van der Waals surface area contributed by atoms with Gasteiger partial charge >= 0.3 is 6.18 Å². The third kappa shape index (κ3) is 4.66. The second-order valence-corrected chi connectivity index (χ2v) is 6.30. The van der Waals surface area contributed by atoms with Gasteiger partial charge in [0.1, 0.15) is 0 Å². The van der Waals surface area contributed by atoms with Crippen molar-refractivity contribution in [1.29, 1.82) is 5.41 Å². The molecule has 0 saturated carbocycles. The first-order valence-corrected chi connectivity index (χ1v) is 8.46. The van der Waals surface area contributed by atoms with Crippen molar-refractivity contribution in [2.75, 3.05) is 10.6 Å². The zero-order valence-corrected chi connectivity index (χ0v) is 15.3. The lowest BCUT2D eigenvalue weighted by molar-refractivity contribution is -0.143. The zero-order valence-electron chi connectivity index (χ0n) is 14.6. The molecule has 3 rings (SSSR count). The smallest absolute Gasteiger partial charge is 0.370 e. The summed E-state index contributed by atoms with van der Waals surface area (Å²) < 4.78 is 41.7. The number of nitrogens with two attached hydrogens (primary N) is 1. The van der Waals surface area contributed by atoms with Crippen molar-refractivity contribution >= 4 is 34.8 Å². The van der Waals surface area contributed by atoms with E-state index in [0.717, 1.165) is 6.20 Å². The van der Waals surface area contributed by atoms with Gasteiger partial charge in [-0.3, -0.25) is 10.2 Å². The maximum atomic E-state index is 13.7. The van der Waals surface area contributed by atoms with Gasteiger partial charge in [-0.1, -0.05) is 17.7 Å². The third-order valence-electron chi connectivity index (χ3n) is 3.75. The molecule has 5 N–H and O–H groups in total. The van der Waals surface area contributed by atoms with Crippen molar-refractivity contribution in [1.82, 2.24) is 9.78 Å². The molecule has 0 fully saturated rings. The number of halogens is 4. The van der Waals surface area contributed by atoms with Crippen LogP contribution in [-0.4, -0.2) is 21.6 Å². The van der Waals surface area contributed by atoms with Crippen LogP contribution in [0.25, 0.3) is 5.69 Å². The third-order valence-corrected chi connectivity index (χ3v) is 4.00. The van der Waals surface area contributed by atoms with E-state index in [2.05, 4.69) is 15.7 Å². The summed E-state index contributed by atoms with van der Waals surface area (Å²) in [6, 6.07) is 11.6. The largest absolute Gasteiger partial charge is 0.434 e. The normalized spacial score (nSPS) is 11.2. The Kier molecular flexibility index (Phi) is 5.46. The Hall–Kier alpha value is -3.53. The molecule has 1 aromatic heterocycles. The van der Waals surface area contributed by atoms with Crippen LogP contribution in [-0.2, 0) is 6.18 Å². The van der Waals surface area contributed by atoms with Crippen LogP contribution in [0.2, 0.25) is 5.02 Å². The SMILES string of the molecule is N=C(N)Nc1cccc(NC(=O)c2cnn(-c3ccc(Cl)cc3)c2C(F)(F)F)c1. The number of hydrogen-bond acceptors (Lipinski definition) is 3. The van der Waals surface area contributed by atoms with Gasteiger partial charge < -0.3 is 16.4 Å². The molecule has 0 spiro atoms. The van der Waals surface area contributed by atoms with Gasteiger partial charge in [-0.15, -0.1) is 0 Å². The van der Waals surface area contributed by atoms with Crippen molar-refractivity contribution in [3.8, 4) is 5.69 Å². The number of aromatic nitrogens is 2. The van der Waals surface area contributed by atoms with Gasteiger partial charge in [0, 0.05) is 16.4 Å². The lowest BCUT2D eigenvalue weighted by Crippen LogP contribution is -2.21. The molecule has 0 aliphatic carbocycles. The fraction of sp³-hybridized carbons (Fsp3) is 0.0556. The molecule has 0 atom stereocenters. The van der Waals surface area contributed by atoms with Crippen LogP contribution < -0.4 is 16.4 Å². The molecule has 0 aliphatic rings. The highest BCUT2D eigenvalue weighted by Crippen LogP contribution is 2.34. The average Bonchev–Trinajstić information content (AvgIpc) is 3.08. The monoisotopic (exact) mass is 422 g/mol. The van der Waals surface area contributed by atoms with Crippen molar-refractivity contribution in [3.63, 3.8) is 0 Å². The Balaban J connectivity index is 1.95. The Morgan fingerprint density at radius 1 is 1.10 bits per heavy atom. The predicted molar refractivity (Wildman–Crippen MR) is 104 cm³/mol. The summed E-state index contributed by atoms with van der Waals surface area (Å²) >= 11 is 5.78. The van der Waals surface area contributed by atoms with Gasteiger partial charge in [-0.25, -0.2) is 4.68 Å². The number of carbonyl (C=O) groups excluding carboxylic acids is 1. The number of amides is 1. The summed E-state index contributed by atoms with van der Waals surface area (Å²) in [5.74, 6) is -1.31. The Bertz CT molecular complexity index is 1060. The molecule has 0 unspecified atom stereocenters. The van der Waals surface area contributed by atoms with Crippen molar-refractivity contribution < 1.29 is 18.0 Å². The van der Waals surface area contributed by atoms with Crippen LogP contribution in [0.1, 0.15) is 16.1 Å². The Labute approximate surface area is 167 Å². The first-order valence-electron chi connectivity index (χ1n) is 8.09. The van der Waals surface area contributed by atoms with E-state index in [-0.39, 0.29) is 17.3 Å². The van der Waals surface area contributed by atoms with E-state index in [1.807, 2.05) is 0 Å². The number of guanidine groups is 1. The van der Waals surface area contributed by atoms with Crippen molar-refractivity contribution in [2.24, 2.45) is 5.73 Å². The minimum absolute atomic E-state index is 0.105. The number of alkyl halides is 3. The minimum Gasteiger partial charge on any atom is -0.370 e. The molecule has 150 valence electrons. The van der Waals surface area contributed by atoms with E-state index < -0.39 is 23.3 Å². The molecular formula is C18H14ClF3N6O. The highest BCUT2D eigenvalue weighted by Gasteiger charge is 2.40. The molecule has 29 heavy (non-hydrogen) atoms. The van der Waals surface area contributed by atoms with Gasteiger partial charge in [0.25, 0.3) is 5.91 Å². The number of nitrogens with zero attached hydrogens (tertiary/aromatic N) is 2. The van der Waals surface area contributed by atoms with Crippen LogP contribution in [0, 0.1) is 5.41 Å². The number of nitrogens with one attached hydrogen (secondary N) is 3. The van der Waals surface area contributed by atoms with Gasteiger partial charge in [0.05, 0.1) is 17.4 Å². The molecule has 3 aromatic rings. The maximum Gasteiger partial charge on any atom is 0.434 e. The molecule has 1 heterocycles. The van der Waals surface area contributed by atoms with Crippen LogP contribution >= 0.6 is 11.6 Å². The highest BCUT2D eigenvalue weighted by atomic mass is 35.5. The highest BCUT2D eigenvalue weighted by molar-refractivity contribution is 6.30. The van der Waals surface area contributed by atoms with E-state index in [4.69, 9.17) is 22.7 Å². The fourth-order valence-corrected chi connectivity index (χ4v) is 2.72. The molecule has 2 aromatic carbocycles. The second-order valence-electron chi connectivity index (χ2n) is 5.87. The second kappa shape index (κ2) is 7.84. The molecule has 1 amide bonds. The van der Waals surface area contributed by atoms with Crippen LogP contribution in [0.3, 0.4) is 0 Å². The molecular weight excluding hydrogens is 409 g/mol. The van der Waals surface area contributed by atoms with E-state index in [1.165, 1.54) is 36.4 Å². The molecule has 0 saturated heterocycles. The topological polar surface area (TPSA) is 109 Å². The van der Waals surface area contributed by atoms with Crippen LogP contribution in [0.4, 0.5) is 24.5 Å². The molecule has 0 aliphatic heterocycles. The number of carbonyl (C=O) groups is 1. The zero-order chi connectivity index (χ0) is 21.2. The maximum absolute atomic E-state index is 13.7. The number of benzene rings is 2. The van der Waals surface area contributed by atoms with E-state index in [1.54, 1.807) is 12.1 Å². The first kappa shape index (κ1) is 20.2. The average molecular weight is 423 g/mol. The molecule has 7 nitrogen and oxygen atoms in total. The van der Waals surface area contributed by atoms with Crippen LogP contribution in [0.15, 0.2) is 54.7 Å². The summed E-state index contributed by atoms with van der Waals surface area (Å²) in [5, 5.41) is 16.2. The fourth-order valence-electron chi connectivity index (χ4n) is 2.59. The molecule has 0 bridgehead atoms. The minimum atomic E-state index is -4.83. The summed E-state index contributed by atoms with van der Waals surface area (Å²) in [5.41, 5.74) is 4.10. The Morgan fingerprint density at radius 2 is 1.72 bits per heavy atom. The summed E-state index contributed by atoms with van der Waals surface area (Å²) in [7, 11) is 0. The van der Waals surface area contributed by atoms with Gasteiger partial charge in [-0.2, -0.15) is 18.3 Å². The van der Waals surface area contributed by atoms with Crippen molar-refractivity contribution in [3.05, 3.63) is 71.0 Å². The first-order chi connectivity index (χ1) is 13.6. The summed E-state index contributed by atoms with van der Waals surface area (Å²) in [6.45, 7) is 0. The quantitative estimate of drug-likeness (QED) is 0.375. The van der Waals surface area contributed by atoms with Gasteiger partial charge in [0.2, 0.25) is 0 Å². The molecule has 11 heteroatoms. The van der Waals surface area contributed by atoms with Gasteiger partial charge in [0.15, 0.2) is 11.7 Å².